The molecule has 0 aliphatic heterocycles. The molecule has 0 saturated heterocycles. The van der Waals surface area contributed by atoms with Crippen molar-refractivity contribution in [1.82, 2.24) is 15.5 Å². The Bertz CT molecular complexity index is 918. The Kier molecular flexibility index (Phi) is 6.68. The second-order valence-corrected chi connectivity index (χ2v) is 6.62. The van der Waals surface area contributed by atoms with Crippen LogP contribution in [0.4, 0.5) is 0 Å². The fourth-order valence-corrected chi connectivity index (χ4v) is 2.73. The maximum atomic E-state index is 12.1. The molecule has 3 rings (SSSR count). The molecule has 0 spiro atoms. The third-order valence-electron chi connectivity index (χ3n) is 4.34. The van der Waals surface area contributed by atoms with Crippen LogP contribution in [-0.2, 0) is 11.2 Å². The number of Topliss-reactive ketones (excluding diaryl/α,β-unsaturated/α-hetero) is 1. The molecule has 28 heavy (non-hydrogen) atoms. The van der Waals surface area contributed by atoms with Crippen LogP contribution in [0.1, 0.15) is 41.1 Å². The van der Waals surface area contributed by atoms with Gasteiger partial charge in [0.1, 0.15) is 0 Å². The van der Waals surface area contributed by atoms with Crippen molar-refractivity contribution in [2.45, 2.75) is 32.6 Å². The first-order valence-corrected chi connectivity index (χ1v) is 9.36. The number of amides is 1. The number of aryl methyl sites for hydroxylation is 2. The highest BCUT2D eigenvalue weighted by Crippen LogP contribution is 2.15. The maximum Gasteiger partial charge on any atom is 0.227 e. The lowest BCUT2D eigenvalue weighted by molar-refractivity contribution is -0.121. The second-order valence-electron chi connectivity index (χ2n) is 6.62. The number of carbonyl (C=O) groups excluding carboxylic acids is 2. The van der Waals surface area contributed by atoms with Gasteiger partial charge in [-0.25, -0.2) is 0 Å². The van der Waals surface area contributed by atoms with Gasteiger partial charge in [0.05, 0.1) is 0 Å². The van der Waals surface area contributed by atoms with Crippen molar-refractivity contribution in [2.75, 3.05) is 6.54 Å². The molecule has 1 amide bonds. The van der Waals surface area contributed by atoms with E-state index in [1.165, 1.54) is 0 Å². The number of rotatable bonds is 9. The highest BCUT2D eigenvalue weighted by molar-refractivity contribution is 5.97. The van der Waals surface area contributed by atoms with E-state index < -0.39 is 0 Å². The summed E-state index contributed by atoms with van der Waals surface area (Å²) in [5, 5.41) is 6.80. The van der Waals surface area contributed by atoms with Gasteiger partial charge < -0.3 is 9.84 Å². The molecule has 0 fully saturated rings. The Hall–Kier alpha value is -3.28. The van der Waals surface area contributed by atoms with Crippen LogP contribution < -0.4 is 5.32 Å². The van der Waals surface area contributed by atoms with Crippen LogP contribution in [0.3, 0.4) is 0 Å². The minimum Gasteiger partial charge on any atom is -0.356 e. The van der Waals surface area contributed by atoms with Gasteiger partial charge in [0, 0.05) is 36.9 Å². The molecule has 144 valence electrons. The summed E-state index contributed by atoms with van der Waals surface area (Å²) in [6.07, 6.45) is 1.67. The first-order chi connectivity index (χ1) is 13.6. The van der Waals surface area contributed by atoms with Crippen LogP contribution in [0, 0.1) is 6.92 Å². The normalized spacial score (nSPS) is 10.6. The predicted octanol–water partition coefficient (Wildman–Crippen LogP) is 3.76. The average molecular weight is 377 g/mol. The van der Waals surface area contributed by atoms with Gasteiger partial charge in [-0.15, -0.1) is 0 Å². The van der Waals surface area contributed by atoms with Crippen molar-refractivity contribution in [1.29, 1.82) is 0 Å². The van der Waals surface area contributed by atoms with Crippen LogP contribution in [0.15, 0.2) is 59.1 Å². The van der Waals surface area contributed by atoms with E-state index in [2.05, 4.69) is 15.5 Å². The van der Waals surface area contributed by atoms with Crippen molar-refractivity contribution in [3.05, 3.63) is 71.6 Å². The van der Waals surface area contributed by atoms with Crippen molar-refractivity contribution >= 4 is 11.7 Å². The van der Waals surface area contributed by atoms with E-state index >= 15 is 0 Å². The summed E-state index contributed by atoms with van der Waals surface area (Å²) in [5.74, 6) is 0.960. The third kappa shape index (κ3) is 5.61. The Labute approximate surface area is 164 Å². The first-order valence-electron chi connectivity index (χ1n) is 9.36. The quantitative estimate of drug-likeness (QED) is 0.453. The van der Waals surface area contributed by atoms with E-state index in [1.807, 2.05) is 49.4 Å². The minimum absolute atomic E-state index is 0.0190. The summed E-state index contributed by atoms with van der Waals surface area (Å²) in [6.45, 7) is 2.47. The summed E-state index contributed by atoms with van der Waals surface area (Å²) in [5.41, 5.74) is 2.65. The zero-order valence-electron chi connectivity index (χ0n) is 15.9. The summed E-state index contributed by atoms with van der Waals surface area (Å²) in [4.78, 5) is 28.4. The van der Waals surface area contributed by atoms with Crippen LogP contribution >= 0.6 is 0 Å². The molecule has 6 heteroatoms. The molecular formula is C22H23N3O3. The molecule has 1 aromatic heterocycles. The van der Waals surface area contributed by atoms with E-state index in [1.54, 1.807) is 12.1 Å². The number of ketones is 1. The fourth-order valence-electron chi connectivity index (χ4n) is 2.73. The summed E-state index contributed by atoms with van der Waals surface area (Å²) in [7, 11) is 0. The molecule has 0 aliphatic rings. The van der Waals surface area contributed by atoms with Crippen molar-refractivity contribution in [2.24, 2.45) is 0 Å². The number of hydrogen-bond acceptors (Lipinski definition) is 5. The van der Waals surface area contributed by atoms with Gasteiger partial charge in [-0.05, 0) is 13.3 Å². The SMILES string of the molecule is Cc1ccc(C(=O)CCC(=O)NCCCc2nc(-c3ccccc3)no2)cc1. The molecule has 0 unspecified atom stereocenters. The summed E-state index contributed by atoms with van der Waals surface area (Å²) >= 11 is 0. The monoisotopic (exact) mass is 377 g/mol. The average Bonchev–Trinajstić information content (AvgIpc) is 3.19. The third-order valence-corrected chi connectivity index (χ3v) is 4.34. The van der Waals surface area contributed by atoms with Crippen LogP contribution in [0.5, 0.6) is 0 Å². The fraction of sp³-hybridized carbons (Fsp3) is 0.273. The largest absolute Gasteiger partial charge is 0.356 e. The minimum atomic E-state index is -0.129. The van der Waals surface area contributed by atoms with Gasteiger partial charge >= 0.3 is 0 Å². The van der Waals surface area contributed by atoms with Gasteiger partial charge in [-0.2, -0.15) is 4.98 Å². The molecule has 0 atom stereocenters. The Morgan fingerprint density at radius 1 is 1.00 bits per heavy atom. The van der Waals surface area contributed by atoms with Gasteiger partial charge in [-0.3, -0.25) is 9.59 Å². The molecule has 0 aliphatic carbocycles. The van der Waals surface area contributed by atoms with Gasteiger partial charge in [0.25, 0.3) is 0 Å². The standard InChI is InChI=1S/C22H23N3O3/c1-16-9-11-17(12-10-16)19(26)13-14-20(27)23-15-5-8-21-24-22(25-28-21)18-6-3-2-4-7-18/h2-4,6-7,9-12H,5,8,13-15H2,1H3,(H,23,27). The van der Waals surface area contributed by atoms with Crippen LogP contribution in [0.2, 0.25) is 0 Å². The Balaban J connectivity index is 1.35. The number of nitrogens with one attached hydrogen (secondary N) is 1. The first kappa shape index (κ1) is 19.5. The summed E-state index contributed by atoms with van der Waals surface area (Å²) in [6, 6.07) is 17.0. The lowest BCUT2D eigenvalue weighted by atomic mass is 10.1. The van der Waals surface area contributed by atoms with Gasteiger partial charge in [0.15, 0.2) is 5.78 Å². The molecular weight excluding hydrogens is 354 g/mol. The number of hydrogen-bond donors (Lipinski definition) is 1. The van der Waals surface area contributed by atoms with Crippen molar-refractivity contribution < 1.29 is 14.1 Å². The molecule has 1 heterocycles. The van der Waals surface area contributed by atoms with E-state index in [4.69, 9.17) is 4.52 Å². The van der Waals surface area contributed by atoms with E-state index in [0.717, 1.165) is 11.1 Å². The predicted molar refractivity (Wildman–Crippen MR) is 106 cm³/mol. The Morgan fingerprint density at radius 3 is 2.50 bits per heavy atom. The molecule has 1 N–H and O–H groups in total. The van der Waals surface area contributed by atoms with Gasteiger partial charge in [-0.1, -0.05) is 65.3 Å². The lowest BCUT2D eigenvalue weighted by Gasteiger charge is -2.04. The number of carbonyl (C=O) groups is 2. The van der Waals surface area contributed by atoms with E-state index in [0.29, 0.717) is 36.7 Å². The lowest BCUT2D eigenvalue weighted by Crippen LogP contribution is -2.25. The van der Waals surface area contributed by atoms with Gasteiger partial charge in [0.2, 0.25) is 17.6 Å². The summed E-state index contributed by atoms with van der Waals surface area (Å²) < 4.78 is 5.24. The zero-order valence-corrected chi connectivity index (χ0v) is 15.9. The highest BCUT2D eigenvalue weighted by atomic mass is 16.5. The smallest absolute Gasteiger partial charge is 0.227 e. The molecule has 6 nitrogen and oxygen atoms in total. The van der Waals surface area contributed by atoms with Crippen molar-refractivity contribution in [3.8, 4) is 11.4 Å². The zero-order chi connectivity index (χ0) is 19.8. The number of aromatic nitrogens is 2. The topological polar surface area (TPSA) is 85.1 Å². The molecule has 2 aromatic carbocycles. The molecule has 0 bridgehead atoms. The van der Waals surface area contributed by atoms with Crippen molar-refractivity contribution in [3.63, 3.8) is 0 Å². The highest BCUT2D eigenvalue weighted by Gasteiger charge is 2.10. The van der Waals surface area contributed by atoms with E-state index in [9.17, 15) is 9.59 Å². The molecule has 0 radical (unpaired) electrons. The Morgan fingerprint density at radius 2 is 1.75 bits per heavy atom. The van der Waals surface area contributed by atoms with E-state index in [-0.39, 0.29) is 24.5 Å². The van der Waals surface area contributed by atoms with Crippen LogP contribution in [-0.4, -0.2) is 28.4 Å². The second kappa shape index (κ2) is 9.60. The maximum absolute atomic E-state index is 12.1. The molecule has 3 aromatic rings. The van der Waals surface area contributed by atoms with Crippen LogP contribution in [0.25, 0.3) is 11.4 Å². The number of benzene rings is 2. The number of nitrogens with zero attached hydrogens (tertiary/aromatic N) is 2. The molecule has 0 saturated carbocycles.